The van der Waals surface area contributed by atoms with E-state index < -0.39 is 0 Å². The third-order valence-electron chi connectivity index (χ3n) is 4.88. The number of hydrogen-bond acceptors (Lipinski definition) is 2. The van der Waals surface area contributed by atoms with E-state index in [9.17, 15) is 4.79 Å². The highest BCUT2D eigenvalue weighted by Crippen LogP contribution is 2.30. The monoisotopic (exact) mass is 279 g/mol. The fourth-order valence-corrected chi connectivity index (χ4v) is 3.27. The molecular weight excluding hydrogens is 250 g/mol. The minimum absolute atomic E-state index is 0.184. The Balaban J connectivity index is 1.42. The van der Waals surface area contributed by atoms with Gasteiger partial charge in [0.1, 0.15) is 0 Å². The molecule has 1 heterocycles. The molecule has 0 unspecified atom stereocenters. The van der Waals surface area contributed by atoms with Crippen molar-refractivity contribution in [2.75, 3.05) is 26.2 Å². The summed E-state index contributed by atoms with van der Waals surface area (Å²) < 4.78 is 0. The largest absolute Gasteiger partial charge is 0.335 e. The number of urea groups is 1. The predicted octanol–water partition coefficient (Wildman–Crippen LogP) is 2.44. The normalized spacial score (nSPS) is 24.6. The van der Waals surface area contributed by atoms with Crippen LogP contribution in [0.1, 0.15) is 51.9 Å². The van der Waals surface area contributed by atoms with E-state index in [1.165, 1.54) is 38.8 Å². The van der Waals surface area contributed by atoms with Gasteiger partial charge in [-0.2, -0.15) is 0 Å². The maximum atomic E-state index is 12.4. The van der Waals surface area contributed by atoms with E-state index in [0.29, 0.717) is 6.04 Å². The molecule has 2 amide bonds. The fraction of sp³-hybridized carbons (Fsp3) is 0.938. The number of amides is 2. The molecule has 3 aliphatic rings. The second kappa shape index (κ2) is 6.33. The lowest BCUT2D eigenvalue weighted by molar-refractivity contribution is 0.167. The van der Waals surface area contributed by atoms with Crippen LogP contribution in [-0.2, 0) is 0 Å². The Hall–Kier alpha value is -0.770. The highest BCUT2D eigenvalue weighted by molar-refractivity contribution is 5.74. The molecule has 1 N–H and O–H groups in total. The number of hydrogen-bond donors (Lipinski definition) is 1. The maximum Gasteiger partial charge on any atom is 0.317 e. The quantitative estimate of drug-likeness (QED) is 0.810. The number of likely N-dealkylation sites (tertiary alicyclic amines) is 1. The van der Waals surface area contributed by atoms with E-state index in [2.05, 4.69) is 17.1 Å². The Morgan fingerprint density at radius 1 is 1.15 bits per heavy atom. The van der Waals surface area contributed by atoms with Crippen LogP contribution in [0.2, 0.25) is 0 Å². The minimum Gasteiger partial charge on any atom is -0.335 e. The number of nitrogens with zero attached hydrogens (tertiary/aromatic N) is 2. The second-order valence-electron chi connectivity index (χ2n) is 6.88. The van der Waals surface area contributed by atoms with Gasteiger partial charge in [-0.05, 0) is 50.9 Å². The summed E-state index contributed by atoms with van der Waals surface area (Å²) in [5.41, 5.74) is 0. The van der Waals surface area contributed by atoms with Gasteiger partial charge in [-0.1, -0.05) is 6.92 Å². The molecule has 3 fully saturated rings. The van der Waals surface area contributed by atoms with Crippen LogP contribution in [0.15, 0.2) is 0 Å². The number of carbonyl (C=O) groups is 1. The molecule has 4 nitrogen and oxygen atoms in total. The van der Waals surface area contributed by atoms with Gasteiger partial charge in [0.05, 0.1) is 0 Å². The van der Waals surface area contributed by atoms with Crippen molar-refractivity contribution in [2.24, 2.45) is 5.92 Å². The van der Waals surface area contributed by atoms with Gasteiger partial charge in [0.2, 0.25) is 0 Å². The molecular formula is C16H29N3O. The van der Waals surface area contributed by atoms with E-state index >= 15 is 0 Å². The number of carbonyl (C=O) groups excluding carboxylic acids is 1. The van der Waals surface area contributed by atoms with Crippen LogP contribution in [0.3, 0.4) is 0 Å². The summed E-state index contributed by atoms with van der Waals surface area (Å²) >= 11 is 0. The predicted molar refractivity (Wildman–Crippen MR) is 80.7 cm³/mol. The molecule has 3 rings (SSSR count). The first-order valence-corrected chi connectivity index (χ1v) is 8.55. The lowest BCUT2D eigenvalue weighted by Crippen LogP contribution is -2.50. The molecule has 2 aliphatic carbocycles. The highest BCUT2D eigenvalue weighted by atomic mass is 16.2. The third-order valence-corrected chi connectivity index (χ3v) is 4.88. The molecule has 0 aromatic carbocycles. The second-order valence-corrected chi connectivity index (χ2v) is 6.88. The van der Waals surface area contributed by atoms with Gasteiger partial charge in [0.25, 0.3) is 0 Å². The molecule has 0 radical (unpaired) electrons. The molecule has 2 saturated carbocycles. The molecule has 0 spiro atoms. The van der Waals surface area contributed by atoms with E-state index in [-0.39, 0.29) is 6.03 Å². The lowest BCUT2D eigenvalue weighted by Gasteiger charge is -2.34. The number of rotatable bonds is 6. The van der Waals surface area contributed by atoms with E-state index in [4.69, 9.17) is 0 Å². The first-order valence-electron chi connectivity index (χ1n) is 8.55. The molecule has 0 bridgehead atoms. The van der Waals surface area contributed by atoms with Crippen LogP contribution in [-0.4, -0.2) is 54.1 Å². The molecule has 0 aromatic rings. The molecule has 0 aromatic heterocycles. The third kappa shape index (κ3) is 3.87. The van der Waals surface area contributed by atoms with Crippen molar-refractivity contribution in [3.05, 3.63) is 0 Å². The maximum absolute atomic E-state index is 12.4. The zero-order valence-corrected chi connectivity index (χ0v) is 12.8. The van der Waals surface area contributed by atoms with Crippen LogP contribution >= 0.6 is 0 Å². The number of piperidine rings is 1. The van der Waals surface area contributed by atoms with Gasteiger partial charge in [0, 0.05) is 38.3 Å². The SMILES string of the molecule is CCCN(CC1CC1)C(=O)NC1CCN(C2CC2)CC1. The topological polar surface area (TPSA) is 35.6 Å². The summed E-state index contributed by atoms with van der Waals surface area (Å²) in [7, 11) is 0. The summed E-state index contributed by atoms with van der Waals surface area (Å²) in [6, 6.07) is 1.46. The first kappa shape index (κ1) is 14.2. The molecule has 4 heteroatoms. The highest BCUT2D eigenvalue weighted by Gasteiger charge is 2.33. The average Bonchev–Trinajstić information content (AvgIpc) is 3.32. The summed E-state index contributed by atoms with van der Waals surface area (Å²) in [6.07, 6.45) is 8.73. The zero-order valence-electron chi connectivity index (χ0n) is 12.8. The van der Waals surface area contributed by atoms with Gasteiger partial charge in [-0.15, -0.1) is 0 Å². The van der Waals surface area contributed by atoms with Gasteiger partial charge < -0.3 is 15.1 Å². The Kier molecular flexibility index (Phi) is 4.49. The summed E-state index contributed by atoms with van der Waals surface area (Å²) in [5, 5.41) is 3.28. The van der Waals surface area contributed by atoms with Crippen molar-refractivity contribution in [1.29, 1.82) is 0 Å². The Morgan fingerprint density at radius 2 is 1.85 bits per heavy atom. The first-order chi connectivity index (χ1) is 9.76. The minimum atomic E-state index is 0.184. The van der Waals surface area contributed by atoms with Crippen LogP contribution in [0.4, 0.5) is 4.79 Å². The van der Waals surface area contributed by atoms with Crippen LogP contribution in [0.5, 0.6) is 0 Å². The summed E-state index contributed by atoms with van der Waals surface area (Å²) in [4.78, 5) is 17.0. The van der Waals surface area contributed by atoms with Gasteiger partial charge in [-0.25, -0.2) is 4.79 Å². The van der Waals surface area contributed by atoms with Crippen molar-refractivity contribution in [3.8, 4) is 0 Å². The van der Waals surface area contributed by atoms with Gasteiger partial charge >= 0.3 is 6.03 Å². The standard InChI is InChI=1S/C16H29N3O/c1-2-9-19(12-13-3-4-13)16(20)17-14-7-10-18(11-8-14)15-5-6-15/h13-15H,2-12H2,1H3,(H,17,20). The Bertz CT molecular complexity index is 331. The van der Waals surface area contributed by atoms with Crippen molar-refractivity contribution < 1.29 is 4.79 Å². The fourth-order valence-electron chi connectivity index (χ4n) is 3.27. The number of nitrogens with one attached hydrogen (secondary N) is 1. The molecule has 1 saturated heterocycles. The van der Waals surface area contributed by atoms with Gasteiger partial charge in [-0.3, -0.25) is 0 Å². The molecule has 114 valence electrons. The van der Waals surface area contributed by atoms with Crippen LogP contribution in [0.25, 0.3) is 0 Å². The molecule has 1 aliphatic heterocycles. The van der Waals surface area contributed by atoms with Crippen molar-refractivity contribution in [2.45, 2.75) is 64.0 Å². The lowest BCUT2D eigenvalue weighted by atomic mass is 10.1. The molecule has 20 heavy (non-hydrogen) atoms. The summed E-state index contributed by atoms with van der Waals surface area (Å²) in [6.45, 7) is 6.38. The molecule has 0 atom stereocenters. The van der Waals surface area contributed by atoms with Crippen molar-refractivity contribution in [1.82, 2.24) is 15.1 Å². The van der Waals surface area contributed by atoms with E-state index in [0.717, 1.165) is 44.3 Å². The average molecular weight is 279 g/mol. The van der Waals surface area contributed by atoms with Crippen molar-refractivity contribution >= 4 is 6.03 Å². The smallest absolute Gasteiger partial charge is 0.317 e. The zero-order chi connectivity index (χ0) is 13.9. The van der Waals surface area contributed by atoms with Gasteiger partial charge in [0.15, 0.2) is 0 Å². The Labute approximate surface area is 122 Å². The van der Waals surface area contributed by atoms with Crippen molar-refractivity contribution in [3.63, 3.8) is 0 Å². The van der Waals surface area contributed by atoms with Crippen LogP contribution in [0, 0.1) is 5.92 Å². The summed E-state index contributed by atoms with van der Waals surface area (Å²) in [5.74, 6) is 0.781. The van der Waals surface area contributed by atoms with E-state index in [1.807, 2.05) is 4.90 Å². The van der Waals surface area contributed by atoms with Crippen LogP contribution < -0.4 is 5.32 Å². The van der Waals surface area contributed by atoms with E-state index in [1.54, 1.807) is 0 Å². The Morgan fingerprint density at radius 3 is 2.40 bits per heavy atom.